The van der Waals surface area contributed by atoms with Crippen molar-refractivity contribution in [2.45, 2.75) is 20.8 Å². The molecule has 1 aromatic rings. The maximum absolute atomic E-state index is 11.7. The summed E-state index contributed by atoms with van der Waals surface area (Å²) in [6.07, 6.45) is 0. The van der Waals surface area contributed by atoms with E-state index in [1.165, 1.54) is 13.0 Å². The van der Waals surface area contributed by atoms with Gasteiger partial charge in [0, 0.05) is 12.5 Å². The van der Waals surface area contributed by atoms with E-state index in [9.17, 15) is 19.7 Å². The highest BCUT2D eigenvalue weighted by Gasteiger charge is 2.29. The number of nitrogens with zero attached hydrogens (tertiary/aromatic N) is 1. The molecule has 7 nitrogen and oxygen atoms in total. The first-order valence-electron chi connectivity index (χ1n) is 5.34. The minimum Gasteiger partial charge on any atom is -0.465 e. The first kappa shape index (κ1) is 14.6. The maximum Gasteiger partial charge on any atom is 0.342 e. The summed E-state index contributed by atoms with van der Waals surface area (Å²) in [5, 5.41) is 11.1. The number of hydrogen-bond donors (Lipinski definition) is 0. The van der Waals surface area contributed by atoms with Crippen LogP contribution in [-0.2, 0) is 9.53 Å². The topological polar surface area (TPSA) is 95.7 Å². The van der Waals surface area contributed by atoms with Crippen molar-refractivity contribution >= 4 is 17.6 Å². The average molecular weight is 267 g/mol. The Morgan fingerprint density at radius 1 is 1.26 bits per heavy atom. The zero-order chi connectivity index (χ0) is 14.7. The smallest absolute Gasteiger partial charge is 0.342 e. The third kappa shape index (κ3) is 2.87. The number of hydrogen-bond acceptors (Lipinski definition) is 6. The van der Waals surface area contributed by atoms with Gasteiger partial charge < -0.3 is 9.47 Å². The fourth-order valence-corrected chi connectivity index (χ4v) is 1.77. The van der Waals surface area contributed by atoms with Gasteiger partial charge in [0.15, 0.2) is 0 Å². The summed E-state index contributed by atoms with van der Waals surface area (Å²) in [7, 11) is 1.14. The number of carbonyl (C=O) groups excluding carboxylic acids is 2. The van der Waals surface area contributed by atoms with Gasteiger partial charge in [-0.25, -0.2) is 4.79 Å². The van der Waals surface area contributed by atoms with Gasteiger partial charge in [0.2, 0.25) is 5.75 Å². The van der Waals surface area contributed by atoms with E-state index in [2.05, 4.69) is 4.74 Å². The Balaban J connectivity index is 3.69. The SMILES string of the molecule is COC(=O)c1c(C)cc(C)c([N+](=O)[O-])c1OC(C)=O. The molecule has 0 saturated carbocycles. The van der Waals surface area contributed by atoms with Gasteiger partial charge in [-0.3, -0.25) is 14.9 Å². The third-order valence-corrected chi connectivity index (χ3v) is 2.46. The minimum atomic E-state index is -0.795. The Kier molecular flexibility index (Phi) is 4.21. The highest BCUT2D eigenvalue weighted by atomic mass is 16.6. The zero-order valence-corrected chi connectivity index (χ0v) is 11.0. The van der Waals surface area contributed by atoms with Crippen molar-refractivity contribution in [2.24, 2.45) is 0 Å². The number of methoxy groups -OCH3 is 1. The second kappa shape index (κ2) is 5.47. The first-order valence-corrected chi connectivity index (χ1v) is 5.34. The lowest BCUT2D eigenvalue weighted by atomic mass is 10.0. The summed E-state index contributed by atoms with van der Waals surface area (Å²) in [5.74, 6) is -1.92. The van der Waals surface area contributed by atoms with Crippen LogP contribution in [0.5, 0.6) is 5.75 Å². The van der Waals surface area contributed by atoms with Crippen molar-refractivity contribution in [3.8, 4) is 5.75 Å². The molecule has 0 N–H and O–H groups in total. The summed E-state index contributed by atoms with van der Waals surface area (Å²) in [6, 6.07) is 1.47. The van der Waals surface area contributed by atoms with Crippen molar-refractivity contribution < 1.29 is 24.0 Å². The number of nitro groups is 1. The lowest BCUT2D eigenvalue weighted by Gasteiger charge is -2.12. The van der Waals surface area contributed by atoms with Crippen LogP contribution in [0.4, 0.5) is 5.69 Å². The molecule has 0 aliphatic carbocycles. The van der Waals surface area contributed by atoms with Crippen LogP contribution < -0.4 is 4.74 Å². The summed E-state index contributed by atoms with van der Waals surface area (Å²) in [6.45, 7) is 4.18. The summed E-state index contributed by atoms with van der Waals surface area (Å²) in [4.78, 5) is 33.1. The number of rotatable bonds is 3. The Morgan fingerprint density at radius 2 is 1.84 bits per heavy atom. The highest BCUT2D eigenvalue weighted by molar-refractivity contribution is 5.97. The number of benzene rings is 1. The molecule has 0 bridgehead atoms. The molecule has 102 valence electrons. The van der Waals surface area contributed by atoms with Crippen LogP contribution in [0.25, 0.3) is 0 Å². The van der Waals surface area contributed by atoms with E-state index in [-0.39, 0.29) is 11.3 Å². The standard InChI is InChI=1S/C12H13NO6/c1-6-5-7(2)10(13(16)17)11(19-8(3)14)9(6)12(15)18-4/h5H,1-4H3. The largest absolute Gasteiger partial charge is 0.465 e. The monoisotopic (exact) mass is 267 g/mol. The molecule has 0 aliphatic rings. The molecule has 0 radical (unpaired) electrons. The van der Waals surface area contributed by atoms with Crippen molar-refractivity contribution in [2.75, 3.05) is 7.11 Å². The number of carbonyl (C=O) groups is 2. The van der Waals surface area contributed by atoms with E-state index in [1.807, 2.05) is 0 Å². The maximum atomic E-state index is 11.7. The molecule has 0 unspecified atom stereocenters. The molecule has 0 saturated heterocycles. The Morgan fingerprint density at radius 3 is 2.26 bits per heavy atom. The van der Waals surface area contributed by atoms with Crippen LogP contribution in [0.1, 0.15) is 28.4 Å². The molecular formula is C12H13NO6. The number of ether oxygens (including phenoxy) is 2. The molecule has 0 atom stereocenters. The molecule has 1 aromatic carbocycles. The van der Waals surface area contributed by atoms with Crippen LogP contribution in [0.15, 0.2) is 6.07 Å². The van der Waals surface area contributed by atoms with E-state index in [0.717, 1.165) is 14.0 Å². The fourth-order valence-electron chi connectivity index (χ4n) is 1.77. The third-order valence-electron chi connectivity index (χ3n) is 2.46. The Hall–Kier alpha value is -2.44. The molecule has 0 fully saturated rings. The van der Waals surface area contributed by atoms with E-state index in [0.29, 0.717) is 11.1 Å². The van der Waals surface area contributed by atoms with E-state index in [1.54, 1.807) is 6.92 Å². The summed E-state index contributed by atoms with van der Waals surface area (Å²) >= 11 is 0. The second-order valence-electron chi connectivity index (χ2n) is 3.91. The molecule has 1 rings (SSSR count). The number of esters is 2. The predicted molar refractivity (Wildman–Crippen MR) is 65.2 cm³/mol. The molecule has 7 heteroatoms. The van der Waals surface area contributed by atoms with Gasteiger partial charge in [0.1, 0.15) is 5.56 Å². The number of nitro benzene ring substituents is 1. The highest BCUT2D eigenvalue weighted by Crippen LogP contribution is 2.37. The fraction of sp³-hybridized carbons (Fsp3) is 0.333. The van der Waals surface area contributed by atoms with Crippen LogP contribution in [0, 0.1) is 24.0 Å². The lowest BCUT2D eigenvalue weighted by Crippen LogP contribution is -2.13. The molecule has 0 heterocycles. The van der Waals surface area contributed by atoms with Gasteiger partial charge in [-0.2, -0.15) is 0 Å². The van der Waals surface area contributed by atoms with Gasteiger partial charge in [-0.05, 0) is 25.5 Å². The van der Waals surface area contributed by atoms with Crippen LogP contribution >= 0.6 is 0 Å². The lowest BCUT2D eigenvalue weighted by molar-refractivity contribution is -0.386. The Labute approximate surface area is 109 Å². The van der Waals surface area contributed by atoms with Gasteiger partial charge in [0.25, 0.3) is 0 Å². The van der Waals surface area contributed by atoms with E-state index in [4.69, 9.17) is 4.74 Å². The second-order valence-corrected chi connectivity index (χ2v) is 3.91. The van der Waals surface area contributed by atoms with Crippen LogP contribution in [-0.4, -0.2) is 24.0 Å². The molecule has 0 amide bonds. The van der Waals surface area contributed by atoms with Crippen molar-refractivity contribution in [3.63, 3.8) is 0 Å². The normalized spacial score (nSPS) is 9.89. The molecular weight excluding hydrogens is 254 g/mol. The first-order chi connectivity index (χ1) is 8.79. The molecule has 0 spiro atoms. The number of aryl methyl sites for hydroxylation is 2. The quantitative estimate of drug-likeness (QED) is 0.359. The van der Waals surface area contributed by atoms with Crippen LogP contribution in [0.3, 0.4) is 0 Å². The van der Waals surface area contributed by atoms with E-state index >= 15 is 0 Å². The Bertz CT molecular complexity index is 564. The van der Waals surface area contributed by atoms with Gasteiger partial charge in [0.05, 0.1) is 12.0 Å². The van der Waals surface area contributed by atoms with Gasteiger partial charge in [-0.15, -0.1) is 0 Å². The zero-order valence-electron chi connectivity index (χ0n) is 11.0. The molecule has 0 aromatic heterocycles. The van der Waals surface area contributed by atoms with Crippen molar-refractivity contribution in [3.05, 3.63) is 32.9 Å². The minimum absolute atomic E-state index is 0.116. The van der Waals surface area contributed by atoms with Gasteiger partial charge in [-0.1, -0.05) is 0 Å². The molecule has 0 aliphatic heterocycles. The van der Waals surface area contributed by atoms with Gasteiger partial charge >= 0.3 is 17.6 Å². The molecule has 19 heavy (non-hydrogen) atoms. The van der Waals surface area contributed by atoms with Crippen molar-refractivity contribution in [1.82, 2.24) is 0 Å². The predicted octanol–water partition coefficient (Wildman–Crippen LogP) is 1.92. The summed E-state index contributed by atoms with van der Waals surface area (Å²) < 4.78 is 9.40. The summed E-state index contributed by atoms with van der Waals surface area (Å²) in [5.41, 5.74) is 0.203. The van der Waals surface area contributed by atoms with Crippen LogP contribution in [0.2, 0.25) is 0 Å². The van der Waals surface area contributed by atoms with E-state index < -0.39 is 22.5 Å². The average Bonchev–Trinajstić information content (AvgIpc) is 2.26. The van der Waals surface area contributed by atoms with Crippen molar-refractivity contribution in [1.29, 1.82) is 0 Å².